The highest BCUT2D eigenvalue weighted by molar-refractivity contribution is 6.30. The van der Waals surface area contributed by atoms with Crippen molar-refractivity contribution in [2.45, 2.75) is 65.6 Å². The molecule has 0 heterocycles. The standard InChI is InChI=1S/C24H31ClN2O2/c1-5-22(24(29)26-17(2)3)27(16-20-10-13-21(25)14-11-20)23(28)15-12-19-8-6-18(4)7-9-19/h6-11,13-14,17,22H,5,12,15-16H2,1-4H3,(H,26,29). The van der Waals surface area contributed by atoms with Crippen LogP contribution in [0.25, 0.3) is 0 Å². The first-order valence-electron chi connectivity index (χ1n) is 10.2. The Morgan fingerprint density at radius 1 is 1.00 bits per heavy atom. The summed E-state index contributed by atoms with van der Waals surface area (Å²) in [4.78, 5) is 27.6. The van der Waals surface area contributed by atoms with Crippen molar-refractivity contribution in [3.63, 3.8) is 0 Å². The van der Waals surface area contributed by atoms with Gasteiger partial charge in [-0.2, -0.15) is 0 Å². The van der Waals surface area contributed by atoms with Crippen molar-refractivity contribution >= 4 is 23.4 Å². The van der Waals surface area contributed by atoms with Gasteiger partial charge < -0.3 is 10.2 Å². The fourth-order valence-electron chi connectivity index (χ4n) is 3.24. The van der Waals surface area contributed by atoms with Crippen LogP contribution in [0.5, 0.6) is 0 Å². The zero-order valence-corrected chi connectivity index (χ0v) is 18.5. The van der Waals surface area contributed by atoms with Crippen LogP contribution in [0.1, 0.15) is 50.3 Å². The summed E-state index contributed by atoms with van der Waals surface area (Å²) in [6.45, 7) is 8.21. The average Bonchev–Trinajstić information content (AvgIpc) is 2.68. The summed E-state index contributed by atoms with van der Waals surface area (Å²) in [6, 6.07) is 15.1. The maximum atomic E-state index is 13.2. The molecule has 1 atom stereocenters. The summed E-state index contributed by atoms with van der Waals surface area (Å²) in [5.74, 6) is -0.133. The number of nitrogens with one attached hydrogen (secondary N) is 1. The Morgan fingerprint density at radius 3 is 2.14 bits per heavy atom. The van der Waals surface area contributed by atoms with Gasteiger partial charge >= 0.3 is 0 Å². The van der Waals surface area contributed by atoms with Gasteiger partial charge in [0.25, 0.3) is 0 Å². The Morgan fingerprint density at radius 2 is 1.59 bits per heavy atom. The SMILES string of the molecule is CCC(C(=O)NC(C)C)N(Cc1ccc(Cl)cc1)C(=O)CCc1ccc(C)cc1. The molecule has 4 nitrogen and oxygen atoms in total. The van der Waals surface area contributed by atoms with Crippen LogP contribution >= 0.6 is 11.6 Å². The molecular weight excluding hydrogens is 384 g/mol. The maximum Gasteiger partial charge on any atom is 0.243 e. The van der Waals surface area contributed by atoms with E-state index in [1.54, 1.807) is 17.0 Å². The molecule has 2 rings (SSSR count). The monoisotopic (exact) mass is 414 g/mol. The summed E-state index contributed by atoms with van der Waals surface area (Å²) >= 11 is 5.99. The van der Waals surface area contributed by atoms with Gasteiger partial charge in [-0.3, -0.25) is 9.59 Å². The lowest BCUT2D eigenvalue weighted by molar-refractivity contribution is -0.141. The van der Waals surface area contributed by atoms with Crippen molar-refractivity contribution in [1.82, 2.24) is 10.2 Å². The first-order chi connectivity index (χ1) is 13.8. The Balaban J connectivity index is 2.18. The van der Waals surface area contributed by atoms with E-state index in [0.717, 1.165) is 11.1 Å². The molecule has 1 unspecified atom stereocenters. The van der Waals surface area contributed by atoms with Crippen LogP contribution in [0.15, 0.2) is 48.5 Å². The molecule has 2 aromatic rings. The topological polar surface area (TPSA) is 49.4 Å². The number of hydrogen-bond acceptors (Lipinski definition) is 2. The summed E-state index contributed by atoms with van der Waals surface area (Å²) in [5, 5.41) is 3.60. The van der Waals surface area contributed by atoms with E-state index in [1.165, 1.54) is 5.56 Å². The Kier molecular flexibility index (Phi) is 8.71. The van der Waals surface area contributed by atoms with E-state index in [0.29, 0.717) is 30.8 Å². The van der Waals surface area contributed by atoms with E-state index < -0.39 is 6.04 Å². The van der Waals surface area contributed by atoms with E-state index in [4.69, 9.17) is 11.6 Å². The van der Waals surface area contributed by atoms with Crippen LogP contribution < -0.4 is 5.32 Å². The van der Waals surface area contributed by atoms with Crippen LogP contribution in [-0.4, -0.2) is 28.8 Å². The minimum Gasteiger partial charge on any atom is -0.352 e. The Labute approximate surface area is 179 Å². The molecule has 0 bridgehead atoms. The molecule has 0 aliphatic rings. The lowest BCUT2D eigenvalue weighted by atomic mass is 10.0. The second-order valence-electron chi connectivity index (χ2n) is 7.72. The molecule has 5 heteroatoms. The summed E-state index contributed by atoms with van der Waals surface area (Å²) < 4.78 is 0. The zero-order chi connectivity index (χ0) is 21.4. The predicted molar refractivity (Wildman–Crippen MR) is 119 cm³/mol. The number of rotatable bonds is 9. The third-order valence-electron chi connectivity index (χ3n) is 4.83. The molecule has 0 aromatic heterocycles. The molecule has 0 fully saturated rings. The number of hydrogen-bond donors (Lipinski definition) is 1. The van der Waals surface area contributed by atoms with Crippen molar-refractivity contribution in [3.8, 4) is 0 Å². The summed E-state index contributed by atoms with van der Waals surface area (Å²) in [7, 11) is 0. The number of carbonyl (C=O) groups excluding carboxylic acids is 2. The van der Waals surface area contributed by atoms with Crippen LogP contribution in [0, 0.1) is 6.92 Å². The van der Waals surface area contributed by atoms with Gasteiger partial charge in [0.1, 0.15) is 6.04 Å². The Bertz CT molecular complexity index is 801. The van der Waals surface area contributed by atoms with Crippen molar-refractivity contribution in [1.29, 1.82) is 0 Å². The first kappa shape index (κ1) is 23.0. The van der Waals surface area contributed by atoms with Gasteiger partial charge in [-0.25, -0.2) is 0 Å². The van der Waals surface area contributed by atoms with E-state index >= 15 is 0 Å². The normalized spacial score (nSPS) is 11.9. The molecule has 2 amide bonds. The smallest absolute Gasteiger partial charge is 0.243 e. The van der Waals surface area contributed by atoms with Gasteiger partial charge in [-0.05, 0) is 56.9 Å². The minimum absolute atomic E-state index is 0.0220. The van der Waals surface area contributed by atoms with Gasteiger partial charge in [-0.15, -0.1) is 0 Å². The van der Waals surface area contributed by atoms with Crippen molar-refractivity contribution < 1.29 is 9.59 Å². The predicted octanol–water partition coefficient (Wildman–Crippen LogP) is 4.91. The Hall–Kier alpha value is -2.33. The highest BCUT2D eigenvalue weighted by atomic mass is 35.5. The molecule has 0 saturated heterocycles. The molecule has 2 aromatic carbocycles. The highest BCUT2D eigenvalue weighted by Crippen LogP contribution is 2.17. The van der Waals surface area contributed by atoms with Gasteiger partial charge in [0.2, 0.25) is 11.8 Å². The van der Waals surface area contributed by atoms with E-state index in [2.05, 4.69) is 29.6 Å². The van der Waals surface area contributed by atoms with Crippen molar-refractivity contribution in [2.75, 3.05) is 0 Å². The fourth-order valence-corrected chi connectivity index (χ4v) is 3.36. The first-order valence-corrected chi connectivity index (χ1v) is 10.6. The average molecular weight is 415 g/mol. The lowest BCUT2D eigenvalue weighted by Crippen LogP contribution is -2.50. The number of nitrogens with zero attached hydrogens (tertiary/aromatic N) is 1. The molecule has 29 heavy (non-hydrogen) atoms. The van der Waals surface area contributed by atoms with Crippen molar-refractivity contribution in [2.24, 2.45) is 0 Å². The van der Waals surface area contributed by atoms with E-state index in [9.17, 15) is 9.59 Å². The third-order valence-corrected chi connectivity index (χ3v) is 5.08. The lowest BCUT2D eigenvalue weighted by Gasteiger charge is -2.31. The third kappa shape index (κ3) is 7.21. The molecular formula is C24H31ClN2O2. The second kappa shape index (κ2) is 11.0. The molecule has 1 N–H and O–H groups in total. The molecule has 0 radical (unpaired) electrons. The van der Waals surface area contributed by atoms with Crippen LogP contribution in [-0.2, 0) is 22.6 Å². The number of amides is 2. The fraction of sp³-hybridized carbons (Fsp3) is 0.417. The number of carbonyl (C=O) groups is 2. The van der Waals surface area contributed by atoms with Gasteiger partial charge in [0.05, 0.1) is 0 Å². The molecule has 0 aliphatic heterocycles. The zero-order valence-electron chi connectivity index (χ0n) is 17.7. The molecule has 0 aliphatic carbocycles. The molecule has 0 spiro atoms. The summed E-state index contributed by atoms with van der Waals surface area (Å²) in [5.41, 5.74) is 3.27. The van der Waals surface area contributed by atoms with E-state index in [-0.39, 0.29) is 17.9 Å². The van der Waals surface area contributed by atoms with Crippen molar-refractivity contribution in [3.05, 3.63) is 70.2 Å². The quantitative estimate of drug-likeness (QED) is 0.633. The largest absolute Gasteiger partial charge is 0.352 e. The van der Waals surface area contributed by atoms with Gasteiger partial charge in [0.15, 0.2) is 0 Å². The highest BCUT2D eigenvalue weighted by Gasteiger charge is 2.28. The van der Waals surface area contributed by atoms with Crippen LogP contribution in [0.3, 0.4) is 0 Å². The maximum absolute atomic E-state index is 13.2. The van der Waals surface area contributed by atoms with E-state index in [1.807, 2.05) is 39.8 Å². The number of halogens is 1. The van der Waals surface area contributed by atoms with Crippen LogP contribution in [0.2, 0.25) is 5.02 Å². The van der Waals surface area contributed by atoms with Gasteiger partial charge in [0, 0.05) is 24.0 Å². The molecule has 156 valence electrons. The van der Waals surface area contributed by atoms with Gasteiger partial charge in [-0.1, -0.05) is 60.5 Å². The van der Waals surface area contributed by atoms with Crippen LogP contribution in [0.4, 0.5) is 0 Å². The second-order valence-corrected chi connectivity index (χ2v) is 8.16. The minimum atomic E-state index is -0.501. The number of benzene rings is 2. The number of aryl methyl sites for hydroxylation is 2. The summed E-state index contributed by atoms with van der Waals surface area (Å²) in [6.07, 6.45) is 1.57. The molecule has 0 saturated carbocycles.